The summed E-state index contributed by atoms with van der Waals surface area (Å²) in [5.74, 6) is 0.00677. The van der Waals surface area contributed by atoms with Crippen LogP contribution in [0.25, 0.3) is 0 Å². The van der Waals surface area contributed by atoms with Crippen LogP contribution in [0.15, 0.2) is 24.5 Å². The van der Waals surface area contributed by atoms with E-state index in [0.29, 0.717) is 39.1 Å². The van der Waals surface area contributed by atoms with Crippen molar-refractivity contribution in [1.82, 2.24) is 15.2 Å². The van der Waals surface area contributed by atoms with Gasteiger partial charge in [0, 0.05) is 44.6 Å². The van der Waals surface area contributed by atoms with Gasteiger partial charge >= 0.3 is 0 Å². The zero-order chi connectivity index (χ0) is 19.8. The Labute approximate surface area is 166 Å². The van der Waals surface area contributed by atoms with Crippen LogP contribution in [0, 0.1) is 5.92 Å². The van der Waals surface area contributed by atoms with E-state index in [1.54, 1.807) is 19.3 Å². The first-order valence-corrected chi connectivity index (χ1v) is 10.3. The molecule has 0 saturated carbocycles. The highest BCUT2D eigenvalue weighted by molar-refractivity contribution is 5.82. The summed E-state index contributed by atoms with van der Waals surface area (Å²) in [7, 11) is 0. The molecule has 0 aliphatic carbocycles. The smallest absolute Gasteiger partial charge is 0.251 e. The molecule has 2 fully saturated rings. The molecule has 0 bridgehead atoms. The number of nitrogens with one attached hydrogen (secondary N) is 1. The van der Waals surface area contributed by atoms with E-state index in [2.05, 4.69) is 10.3 Å². The Hall–Kier alpha value is -1.99. The molecule has 1 N–H and O–H groups in total. The van der Waals surface area contributed by atoms with Crippen molar-refractivity contribution in [2.24, 2.45) is 5.92 Å². The zero-order valence-corrected chi connectivity index (χ0v) is 16.6. The van der Waals surface area contributed by atoms with Crippen LogP contribution in [-0.2, 0) is 25.6 Å². The van der Waals surface area contributed by atoms with E-state index in [4.69, 9.17) is 9.47 Å². The van der Waals surface area contributed by atoms with Gasteiger partial charge in [-0.25, -0.2) is 0 Å². The number of rotatable bonds is 7. The summed E-state index contributed by atoms with van der Waals surface area (Å²) in [6, 6.07) is 3.80. The first-order chi connectivity index (χ1) is 13.6. The molecule has 2 amide bonds. The third-order valence-corrected chi connectivity index (χ3v) is 5.52. The molecule has 0 aromatic carbocycles. The molecule has 2 saturated heterocycles. The zero-order valence-electron chi connectivity index (χ0n) is 16.6. The van der Waals surface area contributed by atoms with Crippen molar-refractivity contribution in [2.45, 2.75) is 57.8 Å². The second-order valence-corrected chi connectivity index (χ2v) is 7.64. The van der Waals surface area contributed by atoms with Crippen LogP contribution in [-0.4, -0.2) is 60.2 Å². The predicted octanol–water partition coefficient (Wildman–Crippen LogP) is 1.91. The fourth-order valence-corrected chi connectivity index (χ4v) is 3.72. The average molecular weight is 389 g/mol. The van der Waals surface area contributed by atoms with Gasteiger partial charge < -0.3 is 19.7 Å². The Morgan fingerprint density at radius 2 is 2.14 bits per heavy atom. The summed E-state index contributed by atoms with van der Waals surface area (Å²) in [5, 5.41) is 2.97. The number of ether oxygens (including phenoxy) is 2. The van der Waals surface area contributed by atoms with Gasteiger partial charge in [-0.1, -0.05) is 6.07 Å². The summed E-state index contributed by atoms with van der Waals surface area (Å²) in [6.07, 6.45) is 7.74. The van der Waals surface area contributed by atoms with Crippen molar-refractivity contribution in [3.63, 3.8) is 0 Å². The van der Waals surface area contributed by atoms with Crippen molar-refractivity contribution >= 4 is 11.8 Å². The minimum atomic E-state index is -0.471. The lowest BCUT2D eigenvalue weighted by atomic mass is 9.95. The molecular formula is C21H31N3O4. The predicted molar refractivity (Wildman–Crippen MR) is 104 cm³/mol. The molecule has 2 aliphatic rings. The monoisotopic (exact) mass is 389 g/mol. The molecule has 7 nitrogen and oxygen atoms in total. The molecule has 3 rings (SSSR count). The number of piperidine rings is 1. The number of hydrogen-bond acceptors (Lipinski definition) is 5. The lowest BCUT2D eigenvalue weighted by Gasteiger charge is -2.33. The summed E-state index contributed by atoms with van der Waals surface area (Å²) in [5.41, 5.74) is 0.983. The van der Waals surface area contributed by atoms with Crippen molar-refractivity contribution < 1.29 is 19.1 Å². The Morgan fingerprint density at radius 1 is 1.32 bits per heavy atom. The van der Waals surface area contributed by atoms with E-state index in [1.807, 2.05) is 17.0 Å². The number of amides is 2. The van der Waals surface area contributed by atoms with Gasteiger partial charge in [0.1, 0.15) is 6.10 Å². The summed E-state index contributed by atoms with van der Waals surface area (Å²) in [4.78, 5) is 30.9. The summed E-state index contributed by atoms with van der Waals surface area (Å²) >= 11 is 0. The maximum absolute atomic E-state index is 12.6. The fourth-order valence-electron chi connectivity index (χ4n) is 3.72. The van der Waals surface area contributed by atoms with Crippen LogP contribution >= 0.6 is 0 Å². The minimum absolute atomic E-state index is 0.00466. The highest BCUT2D eigenvalue weighted by atomic mass is 16.5. The van der Waals surface area contributed by atoms with Crippen LogP contribution < -0.4 is 5.32 Å². The van der Waals surface area contributed by atoms with Gasteiger partial charge in [-0.3, -0.25) is 14.6 Å². The largest absolute Gasteiger partial charge is 0.376 e. The molecule has 0 spiro atoms. The number of pyridine rings is 1. The highest BCUT2D eigenvalue weighted by Crippen LogP contribution is 2.19. The van der Waals surface area contributed by atoms with Crippen molar-refractivity contribution in [2.75, 3.05) is 26.3 Å². The van der Waals surface area contributed by atoms with E-state index >= 15 is 0 Å². The molecule has 0 radical (unpaired) electrons. The molecule has 1 aromatic heterocycles. The minimum Gasteiger partial charge on any atom is -0.376 e. The van der Waals surface area contributed by atoms with Crippen molar-refractivity contribution in [3.8, 4) is 0 Å². The van der Waals surface area contributed by atoms with Gasteiger partial charge in [0.25, 0.3) is 5.91 Å². The lowest BCUT2D eigenvalue weighted by molar-refractivity contribution is -0.148. The van der Waals surface area contributed by atoms with Crippen LogP contribution in [0.1, 0.15) is 44.6 Å². The Bertz CT molecular complexity index is 626. The van der Waals surface area contributed by atoms with E-state index in [1.165, 1.54) is 0 Å². The number of aromatic nitrogens is 1. The maximum Gasteiger partial charge on any atom is 0.251 e. The molecular weight excluding hydrogens is 358 g/mol. The number of carbonyl (C=O) groups excluding carboxylic acids is 2. The molecule has 28 heavy (non-hydrogen) atoms. The van der Waals surface area contributed by atoms with E-state index in [0.717, 1.165) is 31.4 Å². The Balaban J connectivity index is 1.36. The lowest BCUT2D eigenvalue weighted by Crippen LogP contribution is -2.46. The van der Waals surface area contributed by atoms with Crippen molar-refractivity contribution in [1.29, 1.82) is 0 Å². The van der Waals surface area contributed by atoms with Gasteiger partial charge in [-0.05, 0) is 50.7 Å². The number of carbonyl (C=O) groups is 2. The topological polar surface area (TPSA) is 80.8 Å². The van der Waals surface area contributed by atoms with E-state index in [-0.39, 0.29) is 23.8 Å². The van der Waals surface area contributed by atoms with Gasteiger partial charge in [0.2, 0.25) is 5.91 Å². The third-order valence-electron chi connectivity index (χ3n) is 5.52. The molecule has 2 atom stereocenters. The van der Waals surface area contributed by atoms with Crippen LogP contribution in [0.4, 0.5) is 0 Å². The molecule has 2 unspecified atom stereocenters. The second kappa shape index (κ2) is 10.5. The normalized spacial score (nSPS) is 21.9. The number of hydrogen-bond donors (Lipinski definition) is 1. The first kappa shape index (κ1) is 20.7. The van der Waals surface area contributed by atoms with Crippen molar-refractivity contribution in [3.05, 3.63) is 30.1 Å². The van der Waals surface area contributed by atoms with E-state index < -0.39 is 6.10 Å². The standard InChI is InChI=1S/C21H31N3O4/c1-16(28-15-19-6-2-3-12-27-19)21(26)24-10-7-18(8-11-24)20(25)23-14-17-5-4-9-22-13-17/h4-5,9,13,16,18-19H,2-3,6-8,10-12,14-15H2,1H3,(H,23,25). The second-order valence-electron chi connectivity index (χ2n) is 7.64. The SMILES string of the molecule is CC(OCC1CCCCO1)C(=O)N1CCC(C(=O)NCc2cccnc2)CC1. The van der Waals surface area contributed by atoms with Gasteiger partial charge in [0.15, 0.2) is 0 Å². The molecule has 3 heterocycles. The van der Waals surface area contributed by atoms with E-state index in [9.17, 15) is 9.59 Å². The summed E-state index contributed by atoms with van der Waals surface area (Å²) in [6.45, 7) is 4.74. The quantitative estimate of drug-likeness (QED) is 0.770. The van der Waals surface area contributed by atoms with Crippen LogP contribution in [0.3, 0.4) is 0 Å². The molecule has 154 valence electrons. The number of likely N-dealkylation sites (tertiary alicyclic amines) is 1. The highest BCUT2D eigenvalue weighted by Gasteiger charge is 2.30. The van der Waals surface area contributed by atoms with Crippen LogP contribution in [0.2, 0.25) is 0 Å². The average Bonchev–Trinajstić information content (AvgIpc) is 2.77. The Morgan fingerprint density at radius 3 is 2.82 bits per heavy atom. The van der Waals surface area contributed by atoms with Crippen LogP contribution in [0.5, 0.6) is 0 Å². The fraction of sp³-hybridized carbons (Fsp3) is 0.667. The number of nitrogens with zero attached hydrogens (tertiary/aromatic N) is 2. The van der Waals surface area contributed by atoms with Gasteiger partial charge in [-0.15, -0.1) is 0 Å². The third kappa shape index (κ3) is 6.01. The van der Waals surface area contributed by atoms with Gasteiger partial charge in [0.05, 0.1) is 12.7 Å². The van der Waals surface area contributed by atoms with Gasteiger partial charge in [-0.2, -0.15) is 0 Å². The Kier molecular flexibility index (Phi) is 7.80. The maximum atomic E-state index is 12.6. The molecule has 2 aliphatic heterocycles. The molecule has 7 heteroatoms. The first-order valence-electron chi connectivity index (χ1n) is 10.3. The molecule has 1 aromatic rings. The summed E-state index contributed by atoms with van der Waals surface area (Å²) < 4.78 is 11.4.